The van der Waals surface area contributed by atoms with Crippen LogP contribution in [0, 0.1) is 0 Å². The summed E-state index contributed by atoms with van der Waals surface area (Å²) in [6, 6.07) is 7.67. The van der Waals surface area contributed by atoms with Gasteiger partial charge in [0, 0.05) is 11.5 Å². The Bertz CT molecular complexity index is 430. The highest BCUT2D eigenvalue weighted by molar-refractivity contribution is 5.71. The first kappa shape index (κ1) is 16.5. The van der Waals surface area contributed by atoms with E-state index in [2.05, 4.69) is 0 Å². The van der Waals surface area contributed by atoms with E-state index in [-0.39, 0.29) is 18.4 Å². The van der Waals surface area contributed by atoms with Crippen molar-refractivity contribution in [2.45, 2.75) is 45.1 Å². The number of carbonyl (C=O) groups is 1. The molecule has 0 heterocycles. The van der Waals surface area contributed by atoms with Gasteiger partial charge in [-0.1, -0.05) is 26.0 Å². The maximum absolute atomic E-state index is 11.7. The van der Waals surface area contributed by atoms with Crippen molar-refractivity contribution in [1.82, 2.24) is 0 Å². The van der Waals surface area contributed by atoms with Crippen LogP contribution >= 0.6 is 0 Å². The number of nitrogens with two attached hydrogens (primary N) is 1. The van der Waals surface area contributed by atoms with E-state index < -0.39 is 5.41 Å². The van der Waals surface area contributed by atoms with Gasteiger partial charge in [0.25, 0.3) is 0 Å². The Hall–Kier alpha value is -1.55. The molecule has 20 heavy (non-hydrogen) atoms. The number of esters is 1. The Morgan fingerprint density at radius 1 is 1.30 bits per heavy atom. The maximum atomic E-state index is 11.7. The third-order valence-electron chi connectivity index (χ3n) is 3.82. The first-order chi connectivity index (χ1) is 9.47. The first-order valence-corrected chi connectivity index (χ1v) is 7.03. The summed E-state index contributed by atoms with van der Waals surface area (Å²) < 4.78 is 10.2. The van der Waals surface area contributed by atoms with Crippen LogP contribution in [0.1, 0.15) is 39.2 Å². The zero-order chi connectivity index (χ0) is 15.2. The second-order valence-corrected chi connectivity index (χ2v) is 5.14. The lowest BCUT2D eigenvalue weighted by atomic mass is 9.72. The summed E-state index contributed by atoms with van der Waals surface area (Å²) in [6.07, 6.45) is 1.06. The average molecular weight is 279 g/mol. The summed E-state index contributed by atoms with van der Waals surface area (Å²) in [6.45, 7) is 6.61. The molecule has 2 N–H and O–H groups in total. The molecule has 2 atom stereocenters. The molecule has 1 aromatic rings. The fraction of sp³-hybridized carbons (Fsp3) is 0.562. The zero-order valence-electron chi connectivity index (χ0n) is 12.8. The molecule has 0 aliphatic carbocycles. The SMILES string of the molecule is CCOc1ccc(C(C)(CC(=O)OC)C(N)CC)cc1. The highest BCUT2D eigenvalue weighted by Gasteiger charge is 2.35. The van der Waals surface area contributed by atoms with Crippen molar-refractivity contribution in [1.29, 1.82) is 0 Å². The Balaban J connectivity index is 3.06. The second-order valence-electron chi connectivity index (χ2n) is 5.14. The molecular formula is C16H25NO3. The number of rotatable bonds is 7. The predicted octanol–water partition coefficient (Wildman–Crippen LogP) is 2.64. The fourth-order valence-corrected chi connectivity index (χ4v) is 2.37. The number of methoxy groups -OCH3 is 1. The van der Waals surface area contributed by atoms with Crippen molar-refractivity contribution in [3.63, 3.8) is 0 Å². The van der Waals surface area contributed by atoms with Crippen molar-refractivity contribution in [2.75, 3.05) is 13.7 Å². The van der Waals surface area contributed by atoms with Crippen molar-refractivity contribution in [2.24, 2.45) is 5.73 Å². The molecule has 4 nitrogen and oxygen atoms in total. The van der Waals surface area contributed by atoms with E-state index in [1.54, 1.807) is 0 Å². The van der Waals surface area contributed by atoms with Gasteiger partial charge in [-0.05, 0) is 31.0 Å². The molecule has 1 aromatic carbocycles. The van der Waals surface area contributed by atoms with E-state index in [9.17, 15) is 4.79 Å². The molecule has 0 bridgehead atoms. The van der Waals surface area contributed by atoms with Gasteiger partial charge in [-0.25, -0.2) is 0 Å². The number of hydrogen-bond acceptors (Lipinski definition) is 4. The minimum absolute atomic E-state index is 0.112. The van der Waals surface area contributed by atoms with Crippen molar-refractivity contribution in [3.8, 4) is 5.75 Å². The quantitative estimate of drug-likeness (QED) is 0.779. The molecule has 0 aromatic heterocycles. The Kier molecular flexibility index (Phi) is 6.02. The first-order valence-electron chi connectivity index (χ1n) is 7.03. The number of ether oxygens (including phenoxy) is 2. The molecule has 0 spiro atoms. The van der Waals surface area contributed by atoms with Crippen LogP contribution < -0.4 is 10.5 Å². The van der Waals surface area contributed by atoms with Gasteiger partial charge in [0.05, 0.1) is 20.1 Å². The van der Waals surface area contributed by atoms with Crippen LogP contribution in [0.4, 0.5) is 0 Å². The van der Waals surface area contributed by atoms with E-state index in [0.717, 1.165) is 17.7 Å². The van der Waals surface area contributed by atoms with Crippen LogP contribution in [0.25, 0.3) is 0 Å². The largest absolute Gasteiger partial charge is 0.494 e. The third-order valence-corrected chi connectivity index (χ3v) is 3.82. The van der Waals surface area contributed by atoms with Crippen LogP contribution in [0.15, 0.2) is 24.3 Å². The zero-order valence-corrected chi connectivity index (χ0v) is 12.8. The second kappa shape index (κ2) is 7.29. The summed E-state index contributed by atoms with van der Waals surface area (Å²) >= 11 is 0. The molecule has 0 amide bonds. The van der Waals surface area contributed by atoms with E-state index in [4.69, 9.17) is 15.2 Å². The molecular weight excluding hydrogens is 254 g/mol. The number of hydrogen-bond donors (Lipinski definition) is 1. The minimum atomic E-state index is -0.438. The van der Waals surface area contributed by atoms with Gasteiger partial charge in [-0.2, -0.15) is 0 Å². The Morgan fingerprint density at radius 2 is 1.90 bits per heavy atom. The van der Waals surface area contributed by atoms with Crippen molar-refractivity contribution in [3.05, 3.63) is 29.8 Å². The Labute approximate surface area is 121 Å². The lowest BCUT2D eigenvalue weighted by Crippen LogP contribution is -2.44. The van der Waals surface area contributed by atoms with Crippen LogP contribution in [-0.4, -0.2) is 25.7 Å². The van der Waals surface area contributed by atoms with Crippen LogP contribution in [0.2, 0.25) is 0 Å². The lowest BCUT2D eigenvalue weighted by molar-refractivity contribution is -0.142. The van der Waals surface area contributed by atoms with Gasteiger partial charge < -0.3 is 15.2 Å². The standard InChI is InChI=1S/C16H25NO3/c1-5-14(17)16(3,11-15(18)19-4)12-7-9-13(10-8-12)20-6-2/h7-10,14H,5-6,11,17H2,1-4H3. The number of carbonyl (C=O) groups excluding carboxylic acids is 1. The molecule has 112 valence electrons. The van der Waals surface area contributed by atoms with E-state index in [1.807, 2.05) is 45.0 Å². The highest BCUT2D eigenvalue weighted by Crippen LogP contribution is 2.33. The normalized spacial score (nSPS) is 15.2. The maximum Gasteiger partial charge on any atom is 0.306 e. The molecule has 4 heteroatoms. The molecule has 0 saturated heterocycles. The minimum Gasteiger partial charge on any atom is -0.494 e. The van der Waals surface area contributed by atoms with Gasteiger partial charge in [0.15, 0.2) is 0 Å². The molecule has 0 aliphatic heterocycles. The molecule has 0 radical (unpaired) electrons. The molecule has 1 rings (SSSR count). The van der Waals surface area contributed by atoms with Crippen LogP contribution in [0.3, 0.4) is 0 Å². The fourth-order valence-electron chi connectivity index (χ4n) is 2.37. The summed E-state index contributed by atoms with van der Waals surface area (Å²) in [5.74, 6) is 0.576. The molecule has 0 aliphatic rings. The summed E-state index contributed by atoms with van der Waals surface area (Å²) in [4.78, 5) is 11.7. The van der Waals surface area contributed by atoms with Gasteiger partial charge in [-0.15, -0.1) is 0 Å². The van der Waals surface area contributed by atoms with Crippen molar-refractivity contribution >= 4 is 5.97 Å². The molecule has 2 unspecified atom stereocenters. The monoisotopic (exact) mass is 279 g/mol. The summed E-state index contributed by atoms with van der Waals surface area (Å²) in [7, 11) is 1.40. The topological polar surface area (TPSA) is 61.5 Å². The average Bonchev–Trinajstić information content (AvgIpc) is 2.47. The highest BCUT2D eigenvalue weighted by atomic mass is 16.5. The summed E-state index contributed by atoms with van der Waals surface area (Å²) in [5.41, 5.74) is 6.83. The third kappa shape index (κ3) is 3.73. The van der Waals surface area contributed by atoms with Crippen molar-refractivity contribution < 1.29 is 14.3 Å². The van der Waals surface area contributed by atoms with Gasteiger partial charge in [-0.3, -0.25) is 4.79 Å². The van der Waals surface area contributed by atoms with Crippen LogP contribution in [0.5, 0.6) is 5.75 Å². The van der Waals surface area contributed by atoms with Crippen LogP contribution in [-0.2, 0) is 14.9 Å². The number of benzene rings is 1. The predicted molar refractivity (Wildman–Crippen MR) is 79.9 cm³/mol. The van der Waals surface area contributed by atoms with Gasteiger partial charge in [0.2, 0.25) is 0 Å². The smallest absolute Gasteiger partial charge is 0.306 e. The van der Waals surface area contributed by atoms with E-state index >= 15 is 0 Å². The lowest BCUT2D eigenvalue weighted by Gasteiger charge is -2.35. The van der Waals surface area contributed by atoms with E-state index in [0.29, 0.717) is 6.61 Å². The molecule has 0 saturated carbocycles. The van der Waals surface area contributed by atoms with E-state index in [1.165, 1.54) is 7.11 Å². The van der Waals surface area contributed by atoms with Gasteiger partial charge in [0.1, 0.15) is 5.75 Å². The Morgan fingerprint density at radius 3 is 2.35 bits per heavy atom. The molecule has 0 fully saturated rings. The summed E-state index contributed by atoms with van der Waals surface area (Å²) in [5, 5.41) is 0. The van der Waals surface area contributed by atoms with Gasteiger partial charge >= 0.3 is 5.97 Å².